The van der Waals surface area contributed by atoms with Crippen LogP contribution in [0.1, 0.15) is 38.7 Å². The predicted molar refractivity (Wildman–Crippen MR) is 73.6 cm³/mol. The van der Waals surface area contributed by atoms with Gasteiger partial charge in [-0.1, -0.05) is 25.4 Å². The third kappa shape index (κ3) is 2.76. The highest BCUT2D eigenvalue weighted by Gasteiger charge is 2.25. The molecule has 4 heteroatoms. The summed E-state index contributed by atoms with van der Waals surface area (Å²) in [5.74, 6) is 2.15. The van der Waals surface area contributed by atoms with Crippen LogP contribution in [-0.4, -0.2) is 11.0 Å². The molecule has 1 N–H and O–H groups in total. The summed E-state index contributed by atoms with van der Waals surface area (Å²) in [6, 6.07) is 4.13. The van der Waals surface area contributed by atoms with E-state index in [1.54, 1.807) is 12.3 Å². The van der Waals surface area contributed by atoms with E-state index in [9.17, 15) is 0 Å². The molecule has 0 bridgehead atoms. The molecule has 1 aromatic rings. The Morgan fingerprint density at radius 3 is 2.83 bits per heavy atom. The molecule has 1 saturated carbocycles. The van der Waals surface area contributed by atoms with Crippen LogP contribution in [0.25, 0.3) is 0 Å². The lowest BCUT2D eigenvalue weighted by Crippen LogP contribution is -2.30. The first-order valence-electron chi connectivity index (χ1n) is 6.43. The third-order valence-electron chi connectivity index (χ3n) is 3.95. The minimum absolute atomic E-state index is 0.412. The molecule has 2 rings (SSSR count). The number of rotatable bonds is 2. The maximum Gasteiger partial charge on any atom is 0.146 e. The van der Waals surface area contributed by atoms with E-state index in [1.165, 1.54) is 6.42 Å². The van der Waals surface area contributed by atoms with Gasteiger partial charge in [-0.25, -0.2) is 4.98 Å². The van der Waals surface area contributed by atoms with Crippen molar-refractivity contribution in [3.63, 3.8) is 0 Å². The minimum atomic E-state index is 0.412. The van der Waals surface area contributed by atoms with Crippen molar-refractivity contribution >= 4 is 17.4 Å². The van der Waals surface area contributed by atoms with Crippen molar-refractivity contribution in [1.82, 2.24) is 4.98 Å². The smallest absolute Gasteiger partial charge is 0.146 e. The van der Waals surface area contributed by atoms with E-state index in [-0.39, 0.29) is 0 Å². The molecule has 1 aromatic heterocycles. The van der Waals surface area contributed by atoms with E-state index in [1.807, 2.05) is 0 Å². The van der Waals surface area contributed by atoms with Gasteiger partial charge >= 0.3 is 0 Å². The summed E-state index contributed by atoms with van der Waals surface area (Å²) in [7, 11) is 0. The summed E-state index contributed by atoms with van der Waals surface area (Å²) in [5.41, 5.74) is 0.478. The lowest BCUT2D eigenvalue weighted by atomic mass is 9.79. The summed E-state index contributed by atoms with van der Waals surface area (Å²) in [5, 5.41) is 12.8. The van der Waals surface area contributed by atoms with Gasteiger partial charge in [0.15, 0.2) is 0 Å². The largest absolute Gasteiger partial charge is 0.366 e. The molecule has 3 nitrogen and oxygen atoms in total. The Hall–Kier alpha value is -1.27. The Balaban J connectivity index is 2.09. The van der Waals surface area contributed by atoms with Gasteiger partial charge in [0.2, 0.25) is 0 Å². The Bertz CT molecular complexity index is 467. The molecule has 0 aromatic carbocycles. The van der Waals surface area contributed by atoms with E-state index in [0.717, 1.165) is 18.8 Å². The number of nitrogens with zero attached hydrogens (tertiary/aromatic N) is 2. The first-order chi connectivity index (χ1) is 8.61. The van der Waals surface area contributed by atoms with Crippen LogP contribution in [-0.2, 0) is 0 Å². The quantitative estimate of drug-likeness (QED) is 0.882. The fourth-order valence-electron chi connectivity index (χ4n) is 2.50. The SMILES string of the molecule is CC1CCC(Nc2nccc(C#N)c2Cl)CC1C. The average Bonchev–Trinajstić information content (AvgIpc) is 2.36. The Labute approximate surface area is 113 Å². The van der Waals surface area contributed by atoms with Crippen molar-refractivity contribution in [3.8, 4) is 6.07 Å². The van der Waals surface area contributed by atoms with Crippen LogP contribution in [0.5, 0.6) is 0 Å². The average molecular weight is 264 g/mol. The van der Waals surface area contributed by atoms with Gasteiger partial charge in [0, 0.05) is 12.2 Å². The molecule has 1 fully saturated rings. The first kappa shape index (κ1) is 13.2. The van der Waals surface area contributed by atoms with Gasteiger partial charge in [-0.05, 0) is 37.2 Å². The fourth-order valence-corrected chi connectivity index (χ4v) is 2.71. The Kier molecular flexibility index (Phi) is 4.08. The van der Waals surface area contributed by atoms with Crippen molar-refractivity contribution in [3.05, 3.63) is 22.8 Å². The summed E-state index contributed by atoms with van der Waals surface area (Å²) in [4.78, 5) is 4.23. The zero-order chi connectivity index (χ0) is 13.1. The van der Waals surface area contributed by atoms with Crippen LogP contribution in [0.4, 0.5) is 5.82 Å². The van der Waals surface area contributed by atoms with Crippen LogP contribution in [0.15, 0.2) is 12.3 Å². The highest BCUT2D eigenvalue weighted by molar-refractivity contribution is 6.34. The summed E-state index contributed by atoms with van der Waals surface area (Å²) < 4.78 is 0. The normalized spacial score (nSPS) is 27.6. The van der Waals surface area contributed by atoms with Gasteiger partial charge < -0.3 is 5.32 Å². The van der Waals surface area contributed by atoms with Crippen LogP contribution in [0.3, 0.4) is 0 Å². The van der Waals surface area contributed by atoms with Gasteiger partial charge in [0.05, 0.1) is 5.56 Å². The second kappa shape index (κ2) is 5.58. The topological polar surface area (TPSA) is 48.7 Å². The number of halogens is 1. The third-order valence-corrected chi connectivity index (χ3v) is 4.33. The van der Waals surface area contributed by atoms with E-state index < -0.39 is 0 Å². The summed E-state index contributed by atoms with van der Waals surface area (Å²) >= 11 is 6.15. The molecule has 1 aliphatic carbocycles. The highest BCUT2D eigenvalue weighted by Crippen LogP contribution is 2.32. The van der Waals surface area contributed by atoms with Crippen LogP contribution >= 0.6 is 11.6 Å². The maximum atomic E-state index is 8.94. The van der Waals surface area contributed by atoms with Gasteiger partial charge in [-0.2, -0.15) is 5.26 Å². The molecule has 0 aliphatic heterocycles. The predicted octanol–water partition coefficient (Wildman–Crippen LogP) is 3.84. The summed E-state index contributed by atoms with van der Waals surface area (Å²) in [6.45, 7) is 4.60. The van der Waals surface area contributed by atoms with Gasteiger partial charge in [-0.15, -0.1) is 0 Å². The number of nitriles is 1. The molecule has 3 atom stereocenters. The number of hydrogen-bond acceptors (Lipinski definition) is 3. The molecule has 96 valence electrons. The van der Waals surface area contributed by atoms with Crippen molar-refractivity contribution in [2.24, 2.45) is 11.8 Å². The Morgan fingerprint density at radius 1 is 1.39 bits per heavy atom. The molecule has 1 aliphatic rings. The van der Waals surface area contributed by atoms with E-state index >= 15 is 0 Å². The number of nitrogens with one attached hydrogen (secondary N) is 1. The second-order valence-corrected chi connectivity index (χ2v) is 5.62. The van der Waals surface area contributed by atoms with Crippen molar-refractivity contribution in [2.75, 3.05) is 5.32 Å². The van der Waals surface area contributed by atoms with E-state index in [4.69, 9.17) is 16.9 Å². The van der Waals surface area contributed by atoms with Crippen molar-refractivity contribution in [2.45, 2.75) is 39.2 Å². The highest BCUT2D eigenvalue weighted by atomic mass is 35.5. The minimum Gasteiger partial charge on any atom is -0.366 e. The number of hydrogen-bond donors (Lipinski definition) is 1. The van der Waals surface area contributed by atoms with Crippen LogP contribution in [0.2, 0.25) is 5.02 Å². The molecule has 3 unspecified atom stereocenters. The number of aromatic nitrogens is 1. The molecule has 1 heterocycles. The second-order valence-electron chi connectivity index (χ2n) is 5.24. The maximum absolute atomic E-state index is 8.94. The summed E-state index contributed by atoms with van der Waals surface area (Å²) in [6.07, 6.45) is 5.13. The monoisotopic (exact) mass is 263 g/mol. The molecular weight excluding hydrogens is 246 g/mol. The number of anilines is 1. The van der Waals surface area contributed by atoms with Crippen molar-refractivity contribution in [1.29, 1.82) is 5.26 Å². The zero-order valence-corrected chi connectivity index (χ0v) is 11.5. The molecular formula is C14H18ClN3. The van der Waals surface area contributed by atoms with E-state index in [0.29, 0.717) is 28.4 Å². The first-order valence-corrected chi connectivity index (χ1v) is 6.80. The Morgan fingerprint density at radius 2 is 2.17 bits per heavy atom. The molecule has 0 radical (unpaired) electrons. The zero-order valence-electron chi connectivity index (χ0n) is 10.8. The standard InChI is InChI=1S/C14H18ClN3/c1-9-3-4-12(7-10(9)2)18-14-13(15)11(8-16)5-6-17-14/h5-6,9-10,12H,3-4,7H2,1-2H3,(H,17,18). The molecule has 0 amide bonds. The van der Waals surface area contributed by atoms with E-state index in [2.05, 4.69) is 30.2 Å². The number of pyridine rings is 1. The molecule has 0 spiro atoms. The molecule has 0 saturated heterocycles. The van der Waals surface area contributed by atoms with Gasteiger partial charge in [0.25, 0.3) is 0 Å². The lowest BCUT2D eigenvalue weighted by Gasteiger charge is -2.32. The van der Waals surface area contributed by atoms with Crippen LogP contribution < -0.4 is 5.32 Å². The lowest BCUT2D eigenvalue weighted by molar-refractivity contribution is 0.260. The molecule has 18 heavy (non-hydrogen) atoms. The fraction of sp³-hybridized carbons (Fsp3) is 0.571. The van der Waals surface area contributed by atoms with Gasteiger partial charge in [0.1, 0.15) is 16.9 Å². The van der Waals surface area contributed by atoms with Crippen LogP contribution in [0, 0.1) is 23.2 Å². The van der Waals surface area contributed by atoms with Gasteiger partial charge in [-0.3, -0.25) is 0 Å². The van der Waals surface area contributed by atoms with Crippen molar-refractivity contribution < 1.29 is 0 Å².